The van der Waals surface area contributed by atoms with Crippen molar-refractivity contribution in [1.29, 1.82) is 0 Å². The smallest absolute Gasteiger partial charge is 0.313 e. The Morgan fingerprint density at radius 3 is 2.42 bits per heavy atom. The van der Waals surface area contributed by atoms with E-state index in [1.807, 2.05) is 50.0 Å². The van der Waals surface area contributed by atoms with Crippen LogP contribution in [0.25, 0.3) is 0 Å². The fourth-order valence-electron chi connectivity index (χ4n) is 7.07. The zero-order chi connectivity index (χ0) is 26.7. The van der Waals surface area contributed by atoms with Crippen LogP contribution in [0.5, 0.6) is 0 Å². The highest BCUT2D eigenvalue weighted by Gasteiger charge is 2.75. The lowest BCUT2D eigenvalue weighted by Gasteiger charge is -2.45. The Kier molecular flexibility index (Phi) is 6.70. The van der Waals surface area contributed by atoms with Crippen LogP contribution < -0.4 is 0 Å². The normalized spacial score (nSPS) is 36.8. The van der Waals surface area contributed by atoms with E-state index in [9.17, 15) is 19.5 Å². The number of allylic oxidation sites excluding steroid dienone is 1. The summed E-state index contributed by atoms with van der Waals surface area (Å²) in [6, 6.07) is -1.62. The second kappa shape index (κ2) is 8.98. The minimum atomic E-state index is -1.34. The number of esters is 1. The minimum absolute atomic E-state index is 0.0283. The largest absolute Gasteiger partial charge is 0.465 e. The maximum Gasteiger partial charge on any atom is 0.313 e. The van der Waals surface area contributed by atoms with Gasteiger partial charge in [0.05, 0.1) is 30.8 Å². The molecule has 0 aromatic rings. The van der Waals surface area contributed by atoms with E-state index in [1.54, 1.807) is 6.92 Å². The predicted octanol–water partition coefficient (Wildman–Crippen LogP) is 2.84. The molecule has 1 spiro atoms. The van der Waals surface area contributed by atoms with E-state index < -0.39 is 46.6 Å². The molecule has 4 aliphatic heterocycles. The summed E-state index contributed by atoms with van der Waals surface area (Å²) in [5.74, 6) is -2.88. The van der Waals surface area contributed by atoms with Crippen molar-refractivity contribution in [2.45, 2.75) is 96.6 Å². The molecular formula is C28H42N2O6. The molecule has 36 heavy (non-hydrogen) atoms. The van der Waals surface area contributed by atoms with Crippen LogP contribution in [-0.2, 0) is 23.9 Å². The molecule has 1 unspecified atom stereocenters. The van der Waals surface area contributed by atoms with E-state index in [1.165, 1.54) is 4.90 Å². The zero-order valence-corrected chi connectivity index (χ0v) is 22.7. The van der Waals surface area contributed by atoms with Crippen molar-refractivity contribution in [3.05, 3.63) is 24.3 Å². The molecule has 200 valence electrons. The van der Waals surface area contributed by atoms with Crippen LogP contribution in [0.1, 0.15) is 67.7 Å². The van der Waals surface area contributed by atoms with Gasteiger partial charge in [-0.1, -0.05) is 45.1 Å². The highest BCUT2D eigenvalue weighted by molar-refractivity contribution is 5.99. The van der Waals surface area contributed by atoms with E-state index in [4.69, 9.17) is 9.47 Å². The van der Waals surface area contributed by atoms with Gasteiger partial charge in [-0.3, -0.25) is 14.4 Å². The number of amides is 2. The van der Waals surface area contributed by atoms with Crippen LogP contribution in [-0.4, -0.2) is 81.3 Å². The van der Waals surface area contributed by atoms with Gasteiger partial charge in [0.25, 0.3) is 0 Å². The fourth-order valence-corrected chi connectivity index (χ4v) is 7.07. The standard InChI is InChI=1S/C28H42N2O6/c1-18(16-31)30-21-23(33)29(26(5,6)17-25(2,3)4)14-11-13-28(21)19(22(30)32)20-24(34)35-15-10-8-9-12-27(20,7)36-28/h9,11-13,18-21,31H,8,10,14-17H2,1-7H3/b12-9-/t18-,19+,20-,21?,27+,28+/m1/s1. The summed E-state index contributed by atoms with van der Waals surface area (Å²) in [7, 11) is 0. The van der Waals surface area contributed by atoms with Gasteiger partial charge in [0.2, 0.25) is 11.8 Å². The number of carbonyl (C=O) groups excluding carboxylic acids is 3. The molecule has 4 heterocycles. The molecule has 0 saturated carbocycles. The summed E-state index contributed by atoms with van der Waals surface area (Å²) in [6.07, 6.45) is 9.75. The van der Waals surface area contributed by atoms with E-state index in [0.717, 1.165) is 12.8 Å². The van der Waals surface area contributed by atoms with Crippen LogP contribution in [0.2, 0.25) is 0 Å². The van der Waals surface area contributed by atoms with E-state index >= 15 is 0 Å². The van der Waals surface area contributed by atoms with Crippen molar-refractivity contribution >= 4 is 17.8 Å². The summed E-state index contributed by atoms with van der Waals surface area (Å²) in [5.41, 5.74) is -2.97. The van der Waals surface area contributed by atoms with E-state index in [0.29, 0.717) is 13.0 Å². The third-order valence-electron chi connectivity index (χ3n) is 8.12. The number of cyclic esters (lactones) is 1. The second-order valence-electron chi connectivity index (χ2n) is 12.9. The van der Waals surface area contributed by atoms with Crippen molar-refractivity contribution in [1.82, 2.24) is 9.80 Å². The number of carbonyl (C=O) groups is 3. The number of aliphatic hydroxyl groups excluding tert-OH is 1. The summed E-state index contributed by atoms with van der Waals surface area (Å²) >= 11 is 0. The van der Waals surface area contributed by atoms with Gasteiger partial charge in [0.15, 0.2) is 0 Å². The molecule has 0 aromatic heterocycles. The molecule has 2 saturated heterocycles. The highest BCUT2D eigenvalue weighted by atomic mass is 16.6. The first-order valence-electron chi connectivity index (χ1n) is 13.2. The molecule has 0 radical (unpaired) electrons. The quantitative estimate of drug-likeness (QED) is 0.469. The molecule has 8 heteroatoms. The molecule has 0 bridgehead atoms. The van der Waals surface area contributed by atoms with Gasteiger partial charge < -0.3 is 24.4 Å². The first-order chi connectivity index (χ1) is 16.7. The second-order valence-corrected chi connectivity index (χ2v) is 12.9. The van der Waals surface area contributed by atoms with Crippen molar-refractivity contribution < 1.29 is 29.0 Å². The highest BCUT2D eigenvalue weighted by Crippen LogP contribution is 2.57. The lowest BCUT2D eigenvalue weighted by atomic mass is 9.74. The lowest BCUT2D eigenvalue weighted by Crippen LogP contribution is -2.61. The third-order valence-corrected chi connectivity index (χ3v) is 8.12. The number of fused-ring (bicyclic) bond motifs is 2. The molecule has 8 nitrogen and oxygen atoms in total. The van der Waals surface area contributed by atoms with Gasteiger partial charge in [0, 0.05) is 12.1 Å². The Hall–Kier alpha value is -2.19. The molecule has 0 aliphatic carbocycles. The monoisotopic (exact) mass is 502 g/mol. The summed E-state index contributed by atoms with van der Waals surface area (Å²) in [4.78, 5) is 45.2. The Labute approximate surface area is 214 Å². The topological polar surface area (TPSA) is 96.4 Å². The van der Waals surface area contributed by atoms with Gasteiger partial charge in [-0.2, -0.15) is 0 Å². The lowest BCUT2D eigenvalue weighted by molar-refractivity contribution is -0.162. The van der Waals surface area contributed by atoms with Gasteiger partial charge in [-0.15, -0.1) is 0 Å². The summed E-state index contributed by atoms with van der Waals surface area (Å²) in [6.45, 7) is 14.4. The van der Waals surface area contributed by atoms with Crippen molar-refractivity contribution in [3.63, 3.8) is 0 Å². The van der Waals surface area contributed by atoms with Crippen LogP contribution in [0, 0.1) is 17.3 Å². The minimum Gasteiger partial charge on any atom is -0.465 e. The van der Waals surface area contributed by atoms with Gasteiger partial charge >= 0.3 is 5.97 Å². The number of rotatable bonds is 4. The van der Waals surface area contributed by atoms with Crippen molar-refractivity contribution in [3.8, 4) is 0 Å². The zero-order valence-electron chi connectivity index (χ0n) is 22.7. The van der Waals surface area contributed by atoms with Gasteiger partial charge in [0.1, 0.15) is 17.6 Å². The van der Waals surface area contributed by atoms with Crippen molar-refractivity contribution in [2.24, 2.45) is 17.3 Å². The van der Waals surface area contributed by atoms with Gasteiger partial charge in [-0.25, -0.2) is 0 Å². The molecular weight excluding hydrogens is 460 g/mol. The maximum absolute atomic E-state index is 14.5. The Bertz CT molecular complexity index is 981. The van der Waals surface area contributed by atoms with Crippen LogP contribution in [0.15, 0.2) is 24.3 Å². The number of nitrogens with zero attached hydrogens (tertiary/aromatic N) is 2. The van der Waals surface area contributed by atoms with Crippen LogP contribution >= 0.6 is 0 Å². The third kappa shape index (κ3) is 4.20. The molecule has 2 fully saturated rings. The molecule has 2 amide bonds. The number of hydrogen-bond donors (Lipinski definition) is 1. The number of hydrogen-bond acceptors (Lipinski definition) is 6. The summed E-state index contributed by atoms with van der Waals surface area (Å²) < 4.78 is 12.4. The first kappa shape index (κ1) is 26.9. The Balaban J connectivity index is 1.87. The van der Waals surface area contributed by atoms with Crippen molar-refractivity contribution in [2.75, 3.05) is 19.8 Å². The average molecular weight is 503 g/mol. The number of aliphatic hydroxyl groups is 1. The molecule has 1 N–H and O–H groups in total. The Morgan fingerprint density at radius 1 is 1.08 bits per heavy atom. The summed E-state index contributed by atoms with van der Waals surface area (Å²) in [5, 5.41) is 10.1. The fraction of sp³-hybridized carbons (Fsp3) is 0.750. The van der Waals surface area contributed by atoms with Crippen LogP contribution in [0.4, 0.5) is 0 Å². The molecule has 4 rings (SSSR count). The molecule has 4 aliphatic rings. The SMILES string of the molecule is C[C@H](CO)N1C(=O)[C@@H]2[C@@H]3C(=O)OCCC/C=C\[C@]3(C)O[C@@]23C=CCN(C(C)(C)CC(C)(C)C)C(=O)C13. The average Bonchev–Trinajstić information content (AvgIpc) is 3.11. The molecule has 0 aromatic carbocycles. The van der Waals surface area contributed by atoms with E-state index in [-0.39, 0.29) is 30.4 Å². The van der Waals surface area contributed by atoms with E-state index in [2.05, 4.69) is 20.8 Å². The van der Waals surface area contributed by atoms with Gasteiger partial charge in [-0.05, 0) is 52.4 Å². The molecule has 6 atom stereocenters. The number of ether oxygens (including phenoxy) is 2. The van der Waals surface area contributed by atoms with Crippen LogP contribution in [0.3, 0.4) is 0 Å². The predicted molar refractivity (Wildman–Crippen MR) is 135 cm³/mol. The maximum atomic E-state index is 14.5. The number of likely N-dealkylation sites (tertiary alicyclic amines) is 1. The first-order valence-corrected chi connectivity index (χ1v) is 13.2. The Morgan fingerprint density at radius 2 is 1.78 bits per heavy atom.